The molecule has 2 aromatic rings. The molecule has 0 fully saturated rings. The van der Waals surface area contributed by atoms with Crippen molar-refractivity contribution in [1.82, 2.24) is 10.3 Å². The summed E-state index contributed by atoms with van der Waals surface area (Å²) in [6.07, 6.45) is 0. The summed E-state index contributed by atoms with van der Waals surface area (Å²) in [5.74, 6) is -0.199. The molecule has 0 amide bonds. The van der Waals surface area contributed by atoms with Crippen LogP contribution in [0.25, 0.3) is 0 Å². The highest BCUT2D eigenvalue weighted by molar-refractivity contribution is 5.19. The summed E-state index contributed by atoms with van der Waals surface area (Å²) in [5, 5.41) is 3.34. The van der Waals surface area contributed by atoms with Gasteiger partial charge in [0.1, 0.15) is 5.82 Å². The Morgan fingerprint density at radius 2 is 2.00 bits per heavy atom. The molecule has 0 aliphatic rings. The monoisotopic (exact) mass is 244 g/mol. The molecule has 0 bridgehead atoms. The van der Waals surface area contributed by atoms with E-state index < -0.39 is 0 Å². The van der Waals surface area contributed by atoms with Crippen molar-refractivity contribution in [2.75, 3.05) is 0 Å². The molecule has 18 heavy (non-hydrogen) atoms. The van der Waals surface area contributed by atoms with Gasteiger partial charge < -0.3 is 5.32 Å². The van der Waals surface area contributed by atoms with Crippen molar-refractivity contribution in [2.45, 2.75) is 26.4 Å². The third-order valence-electron chi connectivity index (χ3n) is 2.88. The highest BCUT2D eigenvalue weighted by Gasteiger charge is 2.06. The lowest BCUT2D eigenvalue weighted by molar-refractivity contribution is 0.559. The van der Waals surface area contributed by atoms with E-state index >= 15 is 0 Å². The number of hydrogen-bond acceptors (Lipinski definition) is 2. The fourth-order valence-electron chi connectivity index (χ4n) is 1.85. The van der Waals surface area contributed by atoms with Crippen LogP contribution in [0.3, 0.4) is 0 Å². The van der Waals surface area contributed by atoms with Gasteiger partial charge in [0.15, 0.2) is 0 Å². The van der Waals surface area contributed by atoms with Gasteiger partial charge in [-0.2, -0.15) is 0 Å². The number of aryl methyl sites for hydroxylation is 1. The molecule has 0 aliphatic carbocycles. The van der Waals surface area contributed by atoms with Gasteiger partial charge in [-0.05, 0) is 43.7 Å². The molecular weight excluding hydrogens is 227 g/mol. The predicted molar refractivity (Wildman–Crippen MR) is 70.6 cm³/mol. The Labute approximate surface area is 107 Å². The second kappa shape index (κ2) is 5.74. The molecule has 1 aromatic carbocycles. The van der Waals surface area contributed by atoms with Crippen LogP contribution in [0.5, 0.6) is 0 Å². The maximum Gasteiger partial charge on any atom is 0.123 e. The molecule has 1 atom stereocenters. The smallest absolute Gasteiger partial charge is 0.123 e. The zero-order chi connectivity index (χ0) is 13.0. The zero-order valence-corrected chi connectivity index (χ0v) is 10.7. The van der Waals surface area contributed by atoms with Crippen molar-refractivity contribution < 1.29 is 4.39 Å². The van der Waals surface area contributed by atoms with Crippen LogP contribution in [0.4, 0.5) is 4.39 Å². The van der Waals surface area contributed by atoms with E-state index in [0.29, 0.717) is 6.54 Å². The third-order valence-corrected chi connectivity index (χ3v) is 2.88. The summed E-state index contributed by atoms with van der Waals surface area (Å²) in [6, 6.07) is 12.7. The number of nitrogens with one attached hydrogen (secondary N) is 1. The molecule has 0 aliphatic heterocycles. The van der Waals surface area contributed by atoms with Gasteiger partial charge in [-0.25, -0.2) is 4.39 Å². The largest absolute Gasteiger partial charge is 0.305 e. The van der Waals surface area contributed by atoms with Gasteiger partial charge >= 0.3 is 0 Å². The van der Waals surface area contributed by atoms with Gasteiger partial charge in [-0.1, -0.05) is 18.2 Å². The Morgan fingerprint density at radius 1 is 1.22 bits per heavy atom. The Hall–Kier alpha value is -1.74. The normalized spacial score (nSPS) is 12.4. The van der Waals surface area contributed by atoms with Crippen molar-refractivity contribution in [3.63, 3.8) is 0 Å². The molecule has 1 aromatic heterocycles. The summed E-state index contributed by atoms with van der Waals surface area (Å²) in [7, 11) is 0. The molecule has 0 radical (unpaired) electrons. The van der Waals surface area contributed by atoms with Crippen LogP contribution in [-0.2, 0) is 6.54 Å². The van der Waals surface area contributed by atoms with E-state index in [4.69, 9.17) is 0 Å². The number of hydrogen-bond donors (Lipinski definition) is 1. The van der Waals surface area contributed by atoms with E-state index in [1.54, 1.807) is 12.1 Å². The van der Waals surface area contributed by atoms with E-state index in [2.05, 4.69) is 10.3 Å². The molecule has 1 N–H and O–H groups in total. The summed E-state index contributed by atoms with van der Waals surface area (Å²) in [6.45, 7) is 4.67. The quantitative estimate of drug-likeness (QED) is 0.891. The molecule has 94 valence electrons. The van der Waals surface area contributed by atoms with E-state index in [-0.39, 0.29) is 11.9 Å². The van der Waals surface area contributed by atoms with Gasteiger partial charge in [-0.15, -0.1) is 0 Å². The Bertz CT molecular complexity index is 525. The number of aromatic nitrogens is 1. The second-order valence-corrected chi connectivity index (χ2v) is 4.43. The average Bonchev–Trinajstić information content (AvgIpc) is 2.36. The lowest BCUT2D eigenvalue weighted by Crippen LogP contribution is -2.19. The van der Waals surface area contributed by atoms with E-state index in [1.807, 2.05) is 38.1 Å². The highest BCUT2D eigenvalue weighted by Crippen LogP contribution is 2.13. The van der Waals surface area contributed by atoms with Crippen molar-refractivity contribution in [3.8, 4) is 0 Å². The van der Waals surface area contributed by atoms with Crippen LogP contribution in [0.15, 0.2) is 42.5 Å². The maximum atomic E-state index is 13.1. The molecule has 1 unspecified atom stereocenters. The second-order valence-electron chi connectivity index (χ2n) is 4.43. The average molecular weight is 244 g/mol. The standard InChI is InChI=1S/C15H17FN2/c1-11-5-3-8-15(18-11)10-17-12(2)13-6-4-7-14(16)9-13/h3-9,12,17H,10H2,1-2H3. The van der Waals surface area contributed by atoms with Crippen molar-refractivity contribution in [2.24, 2.45) is 0 Å². The summed E-state index contributed by atoms with van der Waals surface area (Å²) in [5.41, 5.74) is 2.95. The number of halogens is 1. The minimum absolute atomic E-state index is 0.100. The first-order chi connectivity index (χ1) is 8.65. The van der Waals surface area contributed by atoms with Crippen molar-refractivity contribution in [3.05, 3.63) is 65.2 Å². The Balaban J connectivity index is 1.98. The molecule has 3 heteroatoms. The maximum absolute atomic E-state index is 13.1. The number of pyridine rings is 1. The van der Waals surface area contributed by atoms with Gasteiger partial charge in [0.25, 0.3) is 0 Å². The lowest BCUT2D eigenvalue weighted by Gasteiger charge is -2.14. The molecule has 0 saturated heterocycles. The van der Waals surface area contributed by atoms with Crippen LogP contribution >= 0.6 is 0 Å². The minimum Gasteiger partial charge on any atom is -0.305 e. The van der Waals surface area contributed by atoms with Crippen LogP contribution in [0.2, 0.25) is 0 Å². The molecule has 0 saturated carbocycles. The van der Waals surface area contributed by atoms with Gasteiger partial charge in [0.05, 0.1) is 5.69 Å². The van der Waals surface area contributed by atoms with Gasteiger partial charge in [0.2, 0.25) is 0 Å². The first-order valence-electron chi connectivity index (χ1n) is 6.06. The molecule has 0 spiro atoms. The first-order valence-corrected chi connectivity index (χ1v) is 6.06. The summed E-state index contributed by atoms with van der Waals surface area (Å²) < 4.78 is 13.1. The van der Waals surface area contributed by atoms with Crippen LogP contribution in [0.1, 0.15) is 29.9 Å². The highest BCUT2D eigenvalue weighted by atomic mass is 19.1. The number of nitrogens with zero attached hydrogens (tertiary/aromatic N) is 1. The predicted octanol–water partition coefficient (Wildman–Crippen LogP) is 3.38. The number of benzene rings is 1. The van der Waals surface area contributed by atoms with E-state index in [9.17, 15) is 4.39 Å². The van der Waals surface area contributed by atoms with Crippen LogP contribution in [0, 0.1) is 12.7 Å². The first kappa shape index (κ1) is 12.7. The fraction of sp³-hybridized carbons (Fsp3) is 0.267. The summed E-state index contributed by atoms with van der Waals surface area (Å²) in [4.78, 5) is 4.42. The van der Waals surface area contributed by atoms with Crippen LogP contribution < -0.4 is 5.32 Å². The SMILES string of the molecule is Cc1cccc(CNC(C)c2cccc(F)c2)n1. The minimum atomic E-state index is -0.199. The van der Waals surface area contributed by atoms with Crippen molar-refractivity contribution in [1.29, 1.82) is 0 Å². The molecule has 1 heterocycles. The third kappa shape index (κ3) is 3.37. The van der Waals surface area contributed by atoms with Gasteiger partial charge in [-0.3, -0.25) is 4.98 Å². The Kier molecular flexibility index (Phi) is 4.05. The fourth-order valence-corrected chi connectivity index (χ4v) is 1.85. The molecule has 2 nitrogen and oxygen atoms in total. The molecule has 2 rings (SSSR count). The van der Waals surface area contributed by atoms with E-state index in [0.717, 1.165) is 17.0 Å². The lowest BCUT2D eigenvalue weighted by atomic mass is 10.1. The van der Waals surface area contributed by atoms with Gasteiger partial charge in [0, 0.05) is 18.3 Å². The summed E-state index contributed by atoms with van der Waals surface area (Å²) >= 11 is 0. The van der Waals surface area contributed by atoms with Crippen molar-refractivity contribution >= 4 is 0 Å². The Morgan fingerprint density at radius 3 is 2.72 bits per heavy atom. The molecular formula is C15H17FN2. The topological polar surface area (TPSA) is 24.9 Å². The van der Waals surface area contributed by atoms with E-state index in [1.165, 1.54) is 6.07 Å². The zero-order valence-electron chi connectivity index (χ0n) is 10.7. The number of rotatable bonds is 4. The van der Waals surface area contributed by atoms with Crippen LogP contribution in [-0.4, -0.2) is 4.98 Å².